The number of imide groups is 1. The van der Waals surface area contributed by atoms with Gasteiger partial charge in [0.05, 0.1) is 11.9 Å². The maximum Gasteiger partial charge on any atom is 0.273 e. The van der Waals surface area contributed by atoms with E-state index in [1.54, 1.807) is 18.3 Å². The molecule has 1 aromatic heterocycles. The number of rotatable bonds is 5. The second-order valence-corrected chi connectivity index (χ2v) is 10.3. The third-order valence-corrected chi connectivity index (χ3v) is 7.70. The van der Waals surface area contributed by atoms with Crippen molar-refractivity contribution in [2.45, 2.75) is 56.7 Å². The molecule has 3 aromatic rings. The number of carbonyl (C=O) groups excluding carboxylic acids is 4. The zero-order valence-electron chi connectivity index (χ0n) is 20.3. The van der Waals surface area contributed by atoms with Crippen molar-refractivity contribution >= 4 is 23.6 Å². The van der Waals surface area contributed by atoms with Crippen LogP contribution < -0.4 is 10.6 Å². The molecule has 37 heavy (non-hydrogen) atoms. The lowest BCUT2D eigenvalue weighted by molar-refractivity contribution is -0.136. The van der Waals surface area contributed by atoms with E-state index < -0.39 is 11.9 Å². The Labute approximate surface area is 213 Å². The van der Waals surface area contributed by atoms with Crippen LogP contribution in [-0.2, 0) is 21.5 Å². The van der Waals surface area contributed by atoms with Crippen molar-refractivity contribution in [3.8, 4) is 5.69 Å². The van der Waals surface area contributed by atoms with Crippen molar-refractivity contribution in [1.82, 2.24) is 30.5 Å². The minimum Gasteiger partial charge on any atom is -0.348 e. The van der Waals surface area contributed by atoms with Crippen LogP contribution in [0.3, 0.4) is 0 Å². The molecule has 1 saturated heterocycles. The van der Waals surface area contributed by atoms with E-state index in [9.17, 15) is 19.2 Å². The summed E-state index contributed by atoms with van der Waals surface area (Å²) >= 11 is 0. The highest BCUT2D eigenvalue weighted by Gasteiger charge is 2.42. The number of hydrogen-bond acceptors (Lipinski definition) is 6. The number of amides is 4. The maximum absolute atomic E-state index is 12.9. The Kier molecular flexibility index (Phi) is 5.40. The number of aromatic nitrogens is 3. The topological polar surface area (TPSA) is 126 Å². The predicted molar refractivity (Wildman–Crippen MR) is 132 cm³/mol. The minimum absolute atomic E-state index is 0.0559. The second-order valence-electron chi connectivity index (χ2n) is 10.3. The Morgan fingerprint density at radius 3 is 2.65 bits per heavy atom. The van der Waals surface area contributed by atoms with Crippen molar-refractivity contribution in [2.75, 3.05) is 0 Å². The zero-order valence-corrected chi connectivity index (χ0v) is 20.3. The molecule has 2 aromatic carbocycles. The van der Waals surface area contributed by atoms with Gasteiger partial charge in [-0.15, -0.1) is 5.10 Å². The average Bonchev–Trinajstić information content (AvgIpc) is 3.49. The first-order valence-electron chi connectivity index (χ1n) is 12.4. The highest BCUT2D eigenvalue weighted by Crippen LogP contribution is 2.43. The summed E-state index contributed by atoms with van der Waals surface area (Å²) in [6, 6.07) is 15.0. The Morgan fingerprint density at radius 1 is 1.11 bits per heavy atom. The van der Waals surface area contributed by atoms with E-state index in [2.05, 4.69) is 40.0 Å². The number of nitrogens with zero attached hydrogens (tertiary/aromatic N) is 4. The molecule has 2 N–H and O–H groups in total. The van der Waals surface area contributed by atoms with E-state index in [0.29, 0.717) is 17.7 Å². The van der Waals surface area contributed by atoms with Gasteiger partial charge in [0.25, 0.3) is 11.8 Å². The molecule has 1 saturated carbocycles. The van der Waals surface area contributed by atoms with Crippen LogP contribution in [0.5, 0.6) is 0 Å². The highest BCUT2D eigenvalue weighted by atomic mass is 16.2. The molecule has 2 fully saturated rings. The summed E-state index contributed by atoms with van der Waals surface area (Å²) in [6.45, 7) is 2.47. The molecule has 1 aliphatic carbocycles. The maximum atomic E-state index is 12.9. The van der Waals surface area contributed by atoms with Crippen molar-refractivity contribution < 1.29 is 19.2 Å². The SMILES string of the molecule is CC1(c2ccccc2)CC(NC(=O)c2cn(-c3ccc4c(c3)CN(C3CCC(=O)NC3=O)C4=O)nn2)C1. The van der Waals surface area contributed by atoms with E-state index in [4.69, 9.17) is 0 Å². The van der Waals surface area contributed by atoms with Crippen molar-refractivity contribution in [2.24, 2.45) is 0 Å². The molecule has 2 aliphatic heterocycles. The molecule has 3 aliphatic rings. The van der Waals surface area contributed by atoms with Gasteiger partial charge in [0.2, 0.25) is 11.8 Å². The van der Waals surface area contributed by atoms with E-state index in [0.717, 1.165) is 18.4 Å². The first-order valence-corrected chi connectivity index (χ1v) is 12.4. The van der Waals surface area contributed by atoms with E-state index >= 15 is 0 Å². The smallest absolute Gasteiger partial charge is 0.273 e. The number of nitrogens with one attached hydrogen (secondary N) is 2. The van der Waals surface area contributed by atoms with Gasteiger partial charge in [0.15, 0.2) is 5.69 Å². The number of benzene rings is 2. The summed E-state index contributed by atoms with van der Waals surface area (Å²) in [6.07, 6.45) is 3.81. The molecule has 0 bridgehead atoms. The fourth-order valence-electron chi connectivity index (χ4n) is 5.66. The van der Waals surface area contributed by atoms with Crippen molar-refractivity contribution in [1.29, 1.82) is 0 Å². The quantitative estimate of drug-likeness (QED) is 0.518. The fraction of sp³-hybridized carbons (Fsp3) is 0.333. The minimum atomic E-state index is -0.669. The molecule has 0 spiro atoms. The summed E-state index contributed by atoms with van der Waals surface area (Å²) in [5.74, 6) is -1.27. The fourth-order valence-corrected chi connectivity index (χ4v) is 5.66. The molecular formula is C27H26N6O4. The molecule has 6 rings (SSSR count). The van der Waals surface area contributed by atoms with Crippen LogP contribution in [0.1, 0.15) is 64.6 Å². The predicted octanol–water partition coefficient (Wildman–Crippen LogP) is 1.88. The van der Waals surface area contributed by atoms with Crippen LogP contribution in [0.2, 0.25) is 0 Å². The van der Waals surface area contributed by atoms with Gasteiger partial charge in [0.1, 0.15) is 6.04 Å². The van der Waals surface area contributed by atoms with Gasteiger partial charge < -0.3 is 10.2 Å². The molecular weight excluding hydrogens is 472 g/mol. The largest absolute Gasteiger partial charge is 0.348 e. The van der Waals surface area contributed by atoms with Crippen LogP contribution in [-0.4, -0.2) is 55.6 Å². The van der Waals surface area contributed by atoms with E-state index in [1.807, 2.05) is 24.3 Å². The molecule has 188 valence electrons. The Bertz CT molecular complexity index is 1430. The monoisotopic (exact) mass is 498 g/mol. The molecule has 10 nitrogen and oxygen atoms in total. The summed E-state index contributed by atoms with van der Waals surface area (Å²) < 4.78 is 1.50. The zero-order chi connectivity index (χ0) is 25.7. The lowest BCUT2D eigenvalue weighted by atomic mass is 9.63. The normalized spacial score (nSPS) is 24.9. The second kappa shape index (κ2) is 8.65. The summed E-state index contributed by atoms with van der Waals surface area (Å²) in [5.41, 5.74) is 3.47. The van der Waals surface area contributed by atoms with Gasteiger partial charge >= 0.3 is 0 Å². The van der Waals surface area contributed by atoms with E-state index in [-0.39, 0.29) is 47.8 Å². The summed E-state index contributed by atoms with van der Waals surface area (Å²) in [5, 5.41) is 13.5. The Morgan fingerprint density at radius 2 is 1.89 bits per heavy atom. The lowest BCUT2D eigenvalue weighted by Gasteiger charge is -2.46. The first kappa shape index (κ1) is 23.1. The van der Waals surface area contributed by atoms with Crippen molar-refractivity contribution in [3.05, 3.63) is 77.1 Å². The number of hydrogen-bond donors (Lipinski definition) is 2. The number of fused-ring (bicyclic) bond motifs is 1. The van der Waals surface area contributed by atoms with Gasteiger partial charge in [-0.3, -0.25) is 24.5 Å². The summed E-state index contributed by atoms with van der Waals surface area (Å²) in [7, 11) is 0. The third-order valence-electron chi connectivity index (χ3n) is 7.70. The van der Waals surface area contributed by atoms with Crippen LogP contribution in [0.4, 0.5) is 0 Å². The van der Waals surface area contributed by atoms with Gasteiger partial charge in [-0.2, -0.15) is 0 Å². The number of piperidine rings is 1. The van der Waals surface area contributed by atoms with Gasteiger partial charge in [-0.05, 0) is 54.0 Å². The molecule has 10 heteroatoms. The molecule has 0 radical (unpaired) electrons. The lowest BCUT2D eigenvalue weighted by Crippen LogP contribution is -2.52. The third kappa shape index (κ3) is 4.08. The van der Waals surface area contributed by atoms with Crippen LogP contribution >= 0.6 is 0 Å². The van der Waals surface area contributed by atoms with Crippen LogP contribution in [0.15, 0.2) is 54.7 Å². The Balaban J connectivity index is 1.11. The first-order chi connectivity index (χ1) is 17.8. The van der Waals surface area contributed by atoms with Gasteiger partial charge in [0, 0.05) is 24.6 Å². The summed E-state index contributed by atoms with van der Waals surface area (Å²) in [4.78, 5) is 51.0. The standard InChI is InChI=1S/C27H26N6O4/c1-27(17-5-3-2-4-6-17)12-18(13-27)28-24(35)21-15-33(31-30-21)19-7-8-20-16(11-19)14-32(26(20)37)22-9-10-23(34)29-25(22)36/h2-8,11,15,18,22H,9-10,12-14H2,1H3,(H,28,35)(H,29,34,36). The van der Waals surface area contributed by atoms with Crippen LogP contribution in [0.25, 0.3) is 5.69 Å². The van der Waals surface area contributed by atoms with Gasteiger partial charge in [-0.25, -0.2) is 4.68 Å². The molecule has 4 amide bonds. The number of carbonyl (C=O) groups is 4. The van der Waals surface area contributed by atoms with Crippen molar-refractivity contribution in [3.63, 3.8) is 0 Å². The van der Waals surface area contributed by atoms with E-state index in [1.165, 1.54) is 15.1 Å². The highest BCUT2D eigenvalue weighted by molar-refractivity contribution is 6.05. The van der Waals surface area contributed by atoms with Crippen LogP contribution in [0, 0.1) is 0 Å². The average molecular weight is 499 g/mol. The molecule has 3 heterocycles. The molecule has 1 atom stereocenters. The van der Waals surface area contributed by atoms with Gasteiger partial charge in [-0.1, -0.05) is 42.5 Å². The Hall–Kier alpha value is -4.34. The molecule has 1 unspecified atom stereocenters.